The Kier molecular flexibility index (Phi) is 13.6. The SMILES string of the molecule is CC.CCNC(C)O. The molecule has 0 aromatic carbocycles. The first kappa shape index (κ1) is 10.8. The third-order valence-corrected chi connectivity index (χ3v) is 0.500. The monoisotopic (exact) mass is 119 g/mol. The summed E-state index contributed by atoms with van der Waals surface area (Å²) in [6, 6.07) is 0. The number of hydrogen-bond acceptors (Lipinski definition) is 2. The van der Waals surface area contributed by atoms with Gasteiger partial charge in [-0.1, -0.05) is 20.8 Å². The van der Waals surface area contributed by atoms with Gasteiger partial charge in [-0.25, -0.2) is 0 Å². The van der Waals surface area contributed by atoms with Gasteiger partial charge in [0.25, 0.3) is 0 Å². The Morgan fingerprint density at radius 3 is 1.88 bits per heavy atom. The molecule has 0 rings (SSSR count). The molecule has 0 fully saturated rings. The largest absolute Gasteiger partial charge is 0.379 e. The highest BCUT2D eigenvalue weighted by molar-refractivity contribution is 4.36. The Labute approximate surface area is 51.9 Å². The van der Waals surface area contributed by atoms with Crippen LogP contribution in [0.4, 0.5) is 0 Å². The molecule has 1 unspecified atom stereocenters. The molecule has 0 heterocycles. The van der Waals surface area contributed by atoms with E-state index in [0.717, 1.165) is 6.54 Å². The summed E-state index contributed by atoms with van der Waals surface area (Å²) in [5.41, 5.74) is 0. The summed E-state index contributed by atoms with van der Waals surface area (Å²) in [6.07, 6.45) is -0.352. The Morgan fingerprint density at radius 2 is 1.88 bits per heavy atom. The van der Waals surface area contributed by atoms with Crippen LogP contribution in [0, 0.1) is 0 Å². The molecule has 0 radical (unpaired) electrons. The van der Waals surface area contributed by atoms with Gasteiger partial charge in [-0.3, -0.25) is 5.32 Å². The highest BCUT2D eigenvalue weighted by atomic mass is 16.3. The van der Waals surface area contributed by atoms with Crippen LogP contribution in [0.15, 0.2) is 0 Å². The van der Waals surface area contributed by atoms with Crippen molar-refractivity contribution in [3.05, 3.63) is 0 Å². The summed E-state index contributed by atoms with van der Waals surface area (Å²) in [7, 11) is 0. The number of aliphatic hydroxyl groups excluding tert-OH is 1. The Balaban J connectivity index is 0. The van der Waals surface area contributed by atoms with E-state index in [1.807, 2.05) is 20.8 Å². The number of nitrogens with one attached hydrogen (secondary N) is 1. The van der Waals surface area contributed by atoms with Gasteiger partial charge >= 0.3 is 0 Å². The first-order chi connectivity index (χ1) is 3.77. The van der Waals surface area contributed by atoms with Crippen LogP contribution in [0.1, 0.15) is 27.7 Å². The van der Waals surface area contributed by atoms with E-state index in [9.17, 15) is 0 Å². The predicted molar refractivity (Wildman–Crippen MR) is 36.7 cm³/mol. The lowest BCUT2D eigenvalue weighted by atomic mass is 10.6. The molecule has 0 bridgehead atoms. The van der Waals surface area contributed by atoms with Gasteiger partial charge in [0.05, 0.1) is 0 Å². The maximum Gasteiger partial charge on any atom is 0.102 e. The van der Waals surface area contributed by atoms with Gasteiger partial charge in [-0.2, -0.15) is 0 Å². The zero-order valence-electron chi connectivity index (χ0n) is 6.23. The van der Waals surface area contributed by atoms with E-state index in [0.29, 0.717) is 0 Å². The number of hydrogen-bond donors (Lipinski definition) is 2. The zero-order valence-corrected chi connectivity index (χ0v) is 6.23. The van der Waals surface area contributed by atoms with E-state index in [1.54, 1.807) is 6.92 Å². The van der Waals surface area contributed by atoms with Gasteiger partial charge in [-0.15, -0.1) is 0 Å². The van der Waals surface area contributed by atoms with E-state index in [2.05, 4.69) is 5.32 Å². The maximum atomic E-state index is 8.44. The highest BCUT2D eigenvalue weighted by Gasteiger charge is 1.83. The van der Waals surface area contributed by atoms with Crippen molar-refractivity contribution in [1.82, 2.24) is 5.32 Å². The van der Waals surface area contributed by atoms with E-state index in [1.165, 1.54) is 0 Å². The summed E-state index contributed by atoms with van der Waals surface area (Å²) in [6.45, 7) is 8.48. The minimum absolute atomic E-state index is 0.352. The van der Waals surface area contributed by atoms with Crippen molar-refractivity contribution < 1.29 is 5.11 Å². The molecule has 0 aliphatic rings. The molecule has 8 heavy (non-hydrogen) atoms. The van der Waals surface area contributed by atoms with Crippen LogP contribution in [0.5, 0.6) is 0 Å². The number of rotatable bonds is 2. The van der Waals surface area contributed by atoms with Crippen molar-refractivity contribution >= 4 is 0 Å². The molecule has 0 spiro atoms. The second kappa shape index (κ2) is 10.0. The van der Waals surface area contributed by atoms with Crippen LogP contribution in [0.3, 0.4) is 0 Å². The maximum absolute atomic E-state index is 8.44. The second-order valence-electron chi connectivity index (χ2n) is 1.23. The Hall–Kier alpha value is -0.0800. The zero-order chi connectivity index (χ0) is 6.99. The molecule has 0 aliphatic heterocycles. The average molecular weight is 119 g/mol. The molecule has 0 aromatic rings. The third kappa shape index (κ3) is 16.8. The van der Waals surface area contributed by atoms with Gasteiger partial charge in [-0.05, 0) is 13.5 Å². The highest BCUT2D eigenvalue weighted by Crippen LogP contribution is 1.65. The molecule has 0 aliphatic carbocycles. The lowest BCUT2D eigenvalue weighted by Crippen LogP contribution is -2.24. The van der Waals surface area contributed by atoms with Crippen molar-refractivity contribution in [1.29, 1.82) is 0 Å². The Bertz CT molecular complexity index is 29.7. The minimum atomic E-state index is -0.352. The molecule has 0 saturated heterocycles. The molecule has 2 nitrogen and oxygen atoms in total. The van der Waals surface area contributed by atoms with Crippen molar-refractivity contribution in [3.8, 4) is 0 Å². The lowest BCUT2D eigenvalue weighted by Gasteiger charge is -2.00. The fraction of sp³-hybridized carbons (Fsp3) is 1.00. The summed E-state index contributed by atoms with van der Waals surface area (Å²) in [4.78, 5) is 0. The molecule has 52 valence electrons. The molecular formula is C6H17NO. The van der Waals surface area contributed by atoms with Crippen molar-refractivity contribution in [2.45, 2.75) is 33.9 Å². The van der Waals surface area contributed by atoms with Crippen molar-refractivity contribution in [2.24, 2.45) is 0 Å². The van der Waals surface area contributed by atoms with Gasteiger partial charge in [0.1, 0.15) is 6.23 Å². The van der Waals surface area contributed by atoms with Gasteiger partial charge in [0.2, 0.25) is 0 Å². The fourth-order valence-electron chi connectivity index (χ4n) is 0.295. The summed E-state index contributed by atoms with van der Waals surface area (Å²) >= 11 is 0. The van der Waals surface area contributed by atoms with Crippen molar-refractivity contribution in [3.63, 3.8) is 0 Å². The van der Waals surface area contributed by atoms with Gasteiger partial charge in [0.15, 0.2) is 0 Å². The fourth-order valence-corrected chi connectivity index (χ4v) is 0.295. The third-order valence-electron chi connectivity index (χ3n) is 0.500. The summed E-state index contributed by atoms with van der Waals surface area (Å²) in [5, 5.41) is 11.2. The number of aliphatic hydroxyl groups is 1. The normalized spacial score (nSPS) is 11.6. The summed E-state index contributed by atoms with van der Waals surface area (Å²) in [5.74, 6) is 0. The smallest absolute Gasteiger partial charge is 0.102 e. The van der Waals surface area contributed by atoms with E-state index < -0.39 is 0 Å². The second-order valence-corrected chi connectivity index (χ2v) is 1.23. The molecule has 1 atom stereocenters. The van der Waals surface area contributed by atoms with E-state index in [4.69, 9.17) is 5.11 Å². The lowest BCUT2D eigenvalue weighted by molar-refractivity contribution is 0.159. The molecule has 2 heteroatoms. The quantitative estimate of drug-likeness (QED) is 0.531. The molecule has 0 amide bonds. The van der Waals surface area contributed by atoms with Crippen LogP contribution in [0.2, 0.25) is 0 Å². The average Bonchev–Trinajstić information content (AvgIpc) is 1.72. The van der Waals surface area contributed by atoms with E-state index >= 15 is 0 Å². The van der Waals surface area contributed by atoms with Crippen LogP contribution >= 0.6 is 0 Å². The Morgan fingerprint density at radius 1 is 1.50 bits per heavy atom. The predicted octanol–water partition coefficient (Wildman–Crippen LogP) is 0.960. The van der Waals surface area contributed by atoms with Crippen LogP contribution < -0.4 is 5.32 Å². The molecular weight excluding hydrogens is 102 g/mol. The standard InChI is InChI=1S/C4H11NO.C2H6/c1-3-5-4(2)6;1-2/h4-6H,3H2,1-2H3;1-2H3. The van der Waals surface area contributed by atoms with Crippen LogP contribution in [-0.2, 0) is 0 Å². The van der Waals surface area contributed by atoms with Crippen LogP contribution in [0.25, 0.3) is 0 Å². The topological polar surface area (TPSA) is 32.3 Å². The van der Waals surface area contributed by atoms with E-state index in [-0.39, 0.29) is 6.23 Å². The first-order valence-corrected chi connectivity index (χ1v) is 3.18. The van der Waals surface area contributed by atoms with Gasteiger partial charge in [0, 0.05) is 0 Å². The van der Waals surface area contributed by atoms with Crippen LogP contribution in [-0.4, -0.2) is 17.9 Å². The van der Waals surface area contributed by atoms with Gasteiger partial charge < -0.3 is 5.11 Å². The summed E-state index contributed by atoms with van der Waals surface area (Å²) < 4.78 is 0. The molecule has 0 aromatic heterocycles. The first-order valence-electron chi connectivity index (χ1n) is 3.18. The molecule has 0 saturated carbocycles. The van der Waals surface area contributed by atoms with Crippen molar-refractivity contribution in [2.75, 3.05) is 6.54 Å². The molecule has 2 N–H and O–H groups in total. The minimum Gasteiger partial charge on any atom is -0.379 e.